The summed E-state index contributed by atoms with van der Waals surface area (Å²) in [5, 5.41) is 0. The minimum atomic E-state index is -1.23. The van der Waals surface area contributed by atoms with E-state index in [-0.39, 0.29) is 5.82 Å². The molecule has 0 bridgehead atoms. The van der Waals surface area contributed by atoms with Crippen molar-refractivity contribution in [2.45, 2.75) is 26.7 Å². The van der Waals surface area contributed by atoms with Gasteiger partial charge in [-0.3, -0.25) is 0 Å². The molecule has 17 heavy (non-hydrogen) atoms. The van der Waals surface area contributed by atoms with Crippen molar-refractivity contribution in [2.24, 2.45) is 0 Å². The standard InChI is InChI=1S/C13H19FO3/c1-4-15-13(16-5-2,17-6-3)11-7-9-12(14)10-8-11/h7-10H,4-6H2,1-3H3. The van der Waals surface area contributed by atoms with Crippen LogP contribution in [0, 0.1) is 5.82 Å². The van der Waals surface area contributed by atoms with Crippen molar-refractivity contribution in [3.8, 4) is 0 Å². The van der Waals surface area contributed by atoms with E-state index in [2.05, 4.69) is 0 Å². The third-order valence-corrected chi connectivity index (χ3v) is 2.20. The topological polar surface area (TPSA) is 27.7 Å². The van der Waals surface area contributed by atoms with Crippen molar-refractivity contribution in [1.82, 2.24) is 0 Å². The maximum Gasteiger partial charge on any atom is 0.311 e. The van der Waals surface area contributed by atoms with E-state index in [0.29, 0.717) is 25.4 Å². The summed E-state index contributed by atoms with van der Waals surface area (Å²) in [6.07, 6.45) is 0. The first-order chi connectivity index (χ1) is 8.18. The highest BCUT2D eigenvalue weighted by Crippen LogP contribution is 2.29. The van der Waals surface area contributed by atoms with E-state index in [0.717, 1.165) is 0 Å². The third-order valence-electron chi connectivity index (χ3n) is 2.20. The molecule has 0 fully saturated rings. The summed E-state index contributed by atoms with van der Waals surface area (Å²) < 4.78 is 29.6. The first-order valence-corrected chi connectivity index (χ1v) is 5.86. The molecule has 0 amide bonds. The van der Waals surface area contributed by atoms with Crippen LogP contribution < -0.4 is 0 Å². The van der Waals surface area contributed by atoms with Gasteiger partial charge in [-0.2, -0.15) is 0 Å². The number of rotatable bonds is 7. The maximum atomic E-state index is 12.9. The van der Waals surface area contributed by atoms with Crippen LogP contribution in [0.25, 0.3) is 0 Å². The van der Waals surface area contributed by atoms with Crippen LogP contribution in [0.4, 0.5) is 4.39 Å². The Bertz CT molecular complexity index is 307. The Labute approximate surface area is 101 Å². The Morgan fingerprint density at radius 1 is 0.882 bits per heavy atom. The number of benzene rings is 1. The summed E-state index contributed by atoms with van der Waals surface area (Å²) in [5.41, 5.74) is 0.657. The molecule has 1 rings (SSSR count). The van der Waals surface area contributed by atoms with Crippen LogP contribution in [0.3, 0.4) is 0 Å². The molecule has 1 aromatic carbocycles. The van der Waals surface area contributed by atoms with Gasteiger partial charge in [0.05, 0.1) is 0 Å². The second kappa shape index (κ2) is 6.69. The number of halogens is 1. The SMILES string of the molecule is CCOC(OCC)(OCC)c1ccc(F)cc1. The van der Waals surface area contributed by atoms with Gasteiger partial charge in [0.25, 0.3) is 0 Å². The van der Waals surface area contributed by atoms with Crippen molar-refractivity contribution < 1.29 is 18.6 Å². The van der Waals surface area contributed by atoms with Crippen LogP contribution in [0.1, 0.15) is 26.3 Å². The van der Waals surface area contributed by atoms with Gasteiger partial charge in [0.15, 0.2) is 0 Å². The molecule has 0 spiro atoms. The molecular weight excluding hydrogens is 223 g/mol. The van der Waals surface area contributed by atoms with Gasteiger partial charge in [-0.25, -0.2) is 4.39 Å². The fourth-order valence-electron chi connectivity index (χ4n) is 1.60. The average molecular weight is 242 g/mol. The predicted molar refractivity (Wildman–Crippen MR) is 63.0 cm³/mol. The van der Waals surface area contributed by atoms with Gasteiger partial charge < -0.3 is 14.2 Å². The molecule has 4 heteroatoms. The first kappa shape index (κ1) is 14.1. The smallest absolute Gasteiger partial charge is 0.311 e. The summed E-state index contributed by atoms with van der Waals surface area (Å²) in [7, 11) is 0. The first-order valence-electron chi connectivity index (χ1n) is 5.86. The molecule has 0 saturated carbocycles. The largest absolute Gasteiger partial charge is 0.324 e. The molecule has 0 aliphatic heterocycles. The molecule has 0 radical (unpaired) electrons. The van der Waals surface area contributed by atoms with E-state index in [1.54, 1.807) is 12.1 Å². The lowest BCUT2D eigenvalue weighted by atomic mass is 10.2. The normalized spacial score (nSPS) is 11.8. The van der Waals surface area contributed by atoms with Gasteiger partial charge in [-0.1, -0.05) is 0 Å². The molecule has 0 aliphatic rings. The zero-order chi connectivity index (χ0) is 12.7. The lowest BCUT2D eigenvalue weighted by Crippen LogP contribution is -2.36. The lowest BCUT2D eigenvalue weighted by Gasteiger charge is -2.32. The zero-order valence-corrected chi connectivity index (χ0v) is 10.5. The van der Waals surface area contributed by atoms with Crippen molar-refractivity contribution in [2.75, 3.05) is 19.8 Å². The lowest BCUT2D eigenvalue weighted by molar-refractivity contribution is -0.389. The molecule has 0 unspecified atom stereocenters. The molecule has 0 N–H and O–H groups in total. The van der Waals surface area contributed by atoms with Gasteiger partial charge in [0.2, 0.25) is 0 Å². The van der Waals surface area contributed by atoms with E-state index in [1.165, 1.54) is 12.1 Å². The Balaban J connectivity index is 3.04. The summed E-state index contributed by atoms with van der Waals surface area (Å²) in [6, 6.07) is 5.94. The molecule has 0 saturated heterocycles. The highest BCUT2D eigenvalue weighted by atomic mass is 19.1. The summed E-state index contributed by atoms with van der Waals surface area (Å²) >= 11 is 0. The monoisotopic (exact) mass is 242 g/mol. The second-order valence-electron chi connectivity index (χ2n) is 3.36. The molecule has 1 aromatic rings. The minimum absolute atomic E-state index is 0.299. The van der Waals surface area contributed by atoms with Crippen LogP contribution in [0.5, 0.6) is 0 Å². The van der Waals surface area contributed by atoms with Crippen LogP contribution in [-0.4, -0.2) is 19.8 Å². The third kappa shape index (κ3) is 3.49. The van der Waals surface area contributed by atoms with Gasteiger partial charge in [0.1, 0.15) is 5.82 Å². The van der Waals surface area contributed by atoms with Crippen molar-refractivity contribution in [1.29, 1.82) is 0 Å². The number of hydrogen-bond acceptors (Lipinski definition) is 3. The minimum Gasteiger partial charge on any atom is -0.324 e. The van der Waals surface area contributed by atoms with E-state index in [9.17, 15) is 4.39 Å². The maximum absolute atomic E-state index is 12.9. The summed E-state index contributed by atoms with van der Waals surface area (Å²) in [5.74, 6) is -1.53. The van der Waals surface area contributed by atoms with Crippen molar-refractivity contribution >= 4 is 0 Å². The molecule has 3 nitrogen and oxygen atoms in total. The molecular formula is C13H19FO3. The highest BCUT2D eigenvalue weighted by Gasteiger charge is 2.35. The van der Waals surface area contributed by atoms with Gasteiger partial charge >= 0.3 is 5.97 Å². The van der Waals surface area contributed by atoms with Gasteiger partial charge in [-0.05, 0) is 45.0 Å². The van der Waals surface area contributed by atoms with E-state index in [1.807, 2.05) is 20.8 Å². The number of hydrogen-bond donors (Lipinski definition) is 0. The Morgan fingerprint density at radius 2 is 1.29 bits per heavy atom. The van der Waals surface area contributed by atoms with Crippen LogP contribution in [0.2, 0.25) is 0 Å². The molecule has 0 atom stereocenters. The Morgan fingerprint density at radius 3 is 1.65 bits per heavy atom. The number of ether oxygens (including phenoxy) is 3. The quantitative estimate of drug-likeness (QED) is 0.688. The molecule has 0 heterocycles. The van der Waals surface area contributed by atoms with Crippen molar-refractivity contribution in [3.05, 3.63) is 35.6 Å². The van der Waals surface area contributed by atoms with E-state index >= 15 is 0 Å². The second-order valence-corrected chi connectivity index (χ2v) is 3.36. The summed E-state index contributed by atoms with van der Waals surface area (Å²) in [6.45, 7) is 6.90. The fourth-order valence-corrected chi connectivity index (χ4v) is 1.60. The van der Waals surface area contributed by atoms with E-state index in [4.69, 9.17) is 14.2 Å². The predicted octanol–water partition coefficient (Wildman–Crippen LogP) is 3.05. The molecule has 0 aromatic heterocycles. The molecule has 0 aliphatic carbocycles. The van der Waals surface area contributed by atoms with Crippen LogP contribution >= 0.6 is 0 Å². The van der Waals surface area contributed by atoms with E-state index < -0.39 is 5.97 Å². The van der Waals surface area contributed by atoms with Gasteiger partial charge in [0, 0.05) is 25.4 Å². The highest BCUT2D eigenvalue weighted by molar-refractivity contribution is 5.19. The van der Waals surface area contributed by atoms with Gasteiger partial charge in [-0.15, -0.1) is 0 Å². The Hall–Kier alpha value is -0.970. The zero-order valence-electron chi connectivity index (χ0n) is 10.5. The fraction of sp³-hybridized carbons (Fsp3) is 0.538. The van der Waals surface area contributed by atoms with Crippen LogP contribution in [-0.2, 0) is 20.2 Å². The van der Waals surface area contributed by atoms with Crippen molar-refractivity contribution in [3.63, 3.8) is 0 Å². The average Bonchev–Trinajstić information content (AvgIpc) is 2.30. The van der Waals surface area contributed by atoms with Crippen LogP contribution in [0.15, 0.2) is 24.3 Å². The summed E-state index contributed by atoms with van der Waals surface area (Å²) in [4.78, 5) is 0. The Kier molecular flexibility index (Phi) is 5.55. The molecule has 96 valence electrons.